The van der Waals surface area contributed by atoms with Gasteiger partial charge in [-0.25, -0.2) is 0 Å². The number of ether oxygens (including phenoxy) is 1. The van der Waals surface area contributed by atoms with E-state index in [1.54, 1.807) is 11.1 Å². The van der Waals surface area contributed by atoms with Crippen molar-refractivity contribution >= 4 is 0 Å². The fourth-order valence-electron chi connectivity index (χ4n) is 5.40. The molecule has 1 aromatic carbocycles. The number of piperidine rings is 1. The molecule has 2 nitrogen and oxygen atoms in total. The van der Waals surface area contributed by atoms with Crippen LogP contribution in [0.1, 0.15) is 36.8 Å². The van der Waals surface area contributed by atoms with E-state index in [1.807, 2.05) is 0 Å². The average molecular weight is 241 g/mol. The summed E-state index contributed by atoms with van der Waals surface area (Å²) in [6.45, 7) is 1.18. The van der Waals surface area contributed by atoms with E-state index in [4.69, 9.17) is 4.74 Å². The molecule has 4 atom stereocenters. The normalized spacial score (nSPS) is 43.2. The zero-order valence-corrected chi connectivity index (χ0v) is 10.6. The second-order valence-electron chi connectivity index (χ2n) is 6.49. The van der Waals surface area contributed by atoms with E-state index in [0.29, 0.717) is 17.6 Å². The lowest BCUT2D eigenvalue weighted by Gasteiger charge is -2.55. The van der Waals surface area contributed by atoms with Crippen LogP contribution in [0.25, 0.3) is 0 Å². The van der Waals surface area contributed by atoms with Crippen molar-refractivity contribution in [2.24, 2.45) is 5.92 Å². The monoisotopic (exact) mass is 241 g/mol. The molecule has 1 aromatic rings. The summed E-state index contributed by atoms with van der Waals surface area (Å²) in [7, 11) is 0. The predicted octanol–water partition coefficient (Wildman–Crippen LogP) is 2.40. The van der Waals surface area contributed by atoms with E-state index in [-0.39, 0.29) is 0 Å². The van der Waals surface area contributed by atoms with Crippen LogP contribution in [0.2, 0.25) is 0 Å². The summed E-state index contributed by atoms with van der Waals surface area (Å²) in [5.74, 6) is 2.03. The van der Waals surface area contributed by atoms with Gasteiger partial charge in [0.1, 0.15) is 11.9 Å². The fraction of sp³-hybridized carbons (Fsp3) is 0.625. The van der Waals surface area contributed by atoms with Crippen LogP contribution >= 0.6 is 0 Å². The zero-order valence-electron chi connectivity index (χ0n) is 10.6. The highest BCUT2D eigenvalue weighted by Gasteiger charge is 2.61. The quantitative estimate of drug-likeness (QED) is 0.753. The van der Waals surface area contributed by atoms with E-state index in [2.05, 4.69) is 23.5 Å². The third-order valence-corrected chi connectivity index (χ3v) is 5.94. The summed E-state index contributed by atoms with van der Waals surface area (Å²) in [5, 5.41) is 3.77. The molecule has 2 aliphatic heterocycles. The lowest BCUT2D eigenvalue weighted by molar-refractivity contribution is 0.00338. The van der Waals surface area contributed by atoms with E-state index >= 15 is 0 Å². The van der Waals surface area contributed by atoms with Gasteiger partial charge in [-0.05, 0) is 56.2 Å². The van der Waals surface area contributed by atoms with Crippen LogP contribution in [-0.2, 0) is 11.8 Å². The Kier molecular flexibility index (Phi) is 1.70. The first-order valence-electron chi connectivity index (χ1n) is 7.42. The van der Waals surface area contributed by atoms with Gasteiger partial charge in [0, 0.05) is 17.0 Å². The SMILES string of the molecule is c1cc2c3c(c1)O[C@H]1CCCC4[C@@H](C2)NCCC341. The minimum absolute atomic E-state index is 0.373. The first kappa shape index (κ1) is 9.85. The molecule has 1 spiro atoms. The topological polar surface area (TPSA) is 21.3 Å². The number of rotatable bonds is 0. The van der Waals surface area contributed by atoms with Gasteiger partial charge in [0.15, 0.2) is 0 Å². The number of hydrogen-bond donors (Lipinski definition) is 1. The maximum Gasteiger partial charge on any atom is 0.123 e. The van der Waals surface area contributed by atoms with Gasteiger partial charge in [-0.1, -0.05) is 12.1 Å². The highest BCUT2D eigenvalue weighted by Crippen LogP contribution is 2.60. The molecule has 4 aliphatic rings. The molecule has 2 heteroatoms. The van der Waals surface area contributed by atoms with Gasteiger partial charge >= 0.3 is 0 Å². The molecule has 2 aliphatic carbocycles. The summed E-state index contributed by atoms with van der Waals surface area (Å²) in [6.07, 6.45) is 6.97. The molecular weight excluding hydrogens is 222 g/mol. The molecule has 5 rings (SSSR count). The van der Waals surface area contributed by atoms with Gasteiger partial charge in [0.05, 0.1) is 0 Å². The Morgan fingerprint density at radius 2 is 2.28 bits per heavy atom. The smallest absolute Gasteiger partial charge is 0.123 e. The number of benzene rings is 1. The molecule has 2 bridgehead atoms. The van der Waals surface area contributed by atoms with Gasteiger partial charge in [-0.3, -0.25) is 0 Å². The molecule has 2 unspecified atom stereocenters. The average Bonchev–Trinajstić information content (AvgIpc) is 2.70. The van der Waals surface area contributed by atoms with E-state index in [9.17, 15) is 0 Å². The van der Waals surface area contributed by atoms with Crippen molar-refractivity contribution in [3.63, 3.8) is 0 Å². The third kappa shape index (κ3) is 0.934. The van der Waals surface area contributed by atoms with Crippen LogP contribution in [0.5, 0.6) is 5.75 Å². The molecule has 0 amide bonds. The standard InChI is InChI=1S/C16H19NO/c1-3-10-9-12-11-4-2-6-14-16(11,7-8-17-12)15(10)13(5-1)18-14/h1,3,5,11-12,14,17H,2,4,6-9H2/t11?,12-,14+,16?/m1/s1. The maximum atomic E-state index is 6.35. The third-order valence-electron chi connectivity index (χ3n) is 5.94. The summed E-state index contributed by atoms with van der Waals surface area (Å²) < 4.78 is 6.35. The van der Waals surface area contributed by atoms with Crippen LogP contribution in [0, 0.1) is 5.92 Å². The molecule has 2 heterocycles. The van der Waals surface area contributed by atoms with E-state index in [1.165, 1.54) is 44.4 Å². The number of nitrogens with one attached hydrogen (secondary N) is 1. The lowest BCUT2D eigenvalue weighted by Crippen LogP contribution is -2.63. The van der Waals surface area contributed by atoms with Crippen molar-refractivity contribution in [2.45, 2.75) is 49.7 Å². The minimum Gasteiger partial charge on any atom is -0.489 e. The van der Waals surface area contributed by atoms with Crippen LogP contribution in [-0.4, -0.2) is 18.7 Å². The Balaban J connectivity index is 1.83. The summed E-state index contributed by atoms with van der Waals surface area (Å²) >= 11 is 0. The van der Waals surface area contributed by atoms with Gasteiger partial charge in [0.2, 0.25) is 0 Å². The molecule has 2 fully saturated rings. The Hall–Kier alpha value is -1.02. The van der Waals surface area contributed by atoms with Gasteiger partial charge in [-0.2, -0.15) is 0 Å². The molecular formula is C16H19NO. The van der Waals surface area contributed by atoms with Crippen molar-refractivity contribution < 1.29 is 4.74 Å². The van der Waals surface area contributed by atoms with Crippen molar-refractivity contribution in [2.75, 3.05) is 6.54 Å². The van der Waals surface area contributed by atoms with E-state index < -0.39 is 0 Å². The van der Waals surface area contributed by atoms with Crippen LogP contribution < -0.4 is 10.1 Å². The van der Waals surface area contributed by atoms with Crippen molar-refractivity contribution in [1.82, 2.24) is 5.32 Å². The Labute approximate surface area is 108 Å². The molecule has 18 heavy (non-hydrogen) atoms. The van der Waals surface area contributed by atoms with Crippen molar-refractivity contribution in [1.29, 1.82) is 0 Å². The largest absolute Gasteiger partial charge is 0.489 e. The summed E-state index contributed by atoms with van der Waals surface area (Å²) in [4.78, 5) is 0. The second-order valence-corrected chi connectivity index (χ2v) is 6.49. The summed E-state index contributed by atoms with van der Waals surface area (Å²) in [6, 6.07) is 7.41. The molecule has 94 valence electrons. The number of hydrogen-bond acceptors (Lipinski definition) is 2. The van der Waals surface area contributed by atoms with Crippen molar-refractivity contribution in [3.8, 4) is 5.75 Å². The lowest BCUT2D eigenvalue weighted by atomic mass is 9.52. The Bertz CT molecular complexity index is 526. The minimum atomic E-state index is 0.373. The summed E-state index contributed by atoms with van der Waals surface area (Å²) in [5.41, 5.74) is 3.54. The van der Waals surface area contributed by atoms with Crippen LogP contribution in [0.3, 0.4) is 0 Å². The van der Waals surface area contributed by atoms with Crippen LogP contribution in [0.15, 0.2) is 18.2 Å². The molecule has 1 saturated heterocycles. The first-order valence-corrected chi connectivity index (χ1v) is 7.42. The van der Waals surface area contributed by atoms with Gasteiger partial charge in [0.25, 0.3) is 0 Å². The maximum absolute atomic E-state index is 6.35. The molecule has 0 aromatic heterocycles. The van der Waals surface area contributed by atoms with Crippen molar-refractivity contribution in [3.05, 3.63) is 29.3 Å². The highest BCUT2D eigenvalue weighted by molar-refractivity contribution is 5.54. The first-order chi connectivity index (χ1) is 8.89. The zero-order chi connectivity index (χ0) is 11.7. The molecule has 1 saturated carbocycles. The molecule has 1 N–H and O–H groups in total. The van der Waals surface area contributed by atoms with Gasteiger partial charge in [-0.15, -0.1) is 0 Å². The second kappa shape index (κ2) is 3.11. The Morgan fingerprint density at radius 1 is 1.28 bits per heavy atom. The van der Waals surface area contributed by atoms with Crippen LogP contribution in [0.4, 0.5) is 0 Å². The highest BCUT2D eigenvalue weighted by atomic mass is 16.5. The Morgan fingerprint density at radius 3 is 3.28 bits per heavy atom. The fourth-order valence-corrected chi connectivity index (χ4v) is 5.40. The predicted molar refractivity (Wildman–Crippen MR) is 70.0 cm³/mol. The molecule has 0 radical (unpaired) electrons. The van der Waals surface area contributed by atoms with Gasteiger partial charge < -0.3 is 10.1 Å². The van der Waals surface area contributed by atoms with E-state index in [0.717, 1.165) is 5.92 Å².